The summed E-state index contributed by atoms with van der Waals surface area (Å²) >= 11 is 5.72. The van der Waals surface area contributed by atoms with E-state index in [9.17, 15) is 13.2 Å². The monoisotopic (exact) mass is 498 g/mol. The molecule has 0 aromatic heterocycles. The number of rotatable bonds is 9. The number of hydrogen-bond donors (Lipinski definition) is 0. The quantitative estimate of drug-likeness (QED) is 0.167. The Morgan fingerprint density at radius 3 is 2.14 bits per heavy atom. The lowest BCUT2D eigenvalue weighted by molar-refractivity contribution is 0.357. The third-order valence-electron chi connectivity index (χ3n) is 5.91. The van der Waals surface area contributed by atoms with Crippen LogP contribution in [0.25, 0.3) is 10.8 Å². The Morgan fingerprint density at radius 2 is 1.43 bits per heavy atom. The minimum atomic E-state index is -0.666. The van der Waals surface area contributed by atoms with Gasteiger partial charge in [0, 0.05) is 23.1 Å². The molecule has 1 nitrogen and oxygen atoms in total. The number of aryl methyl sites for hydroxylation is 3. The largest absolute Gasteiger partial charge is 0.489 e. The van der Waals surface area contributed by atoms with Crippen molar-refractivity contribution in [1.82, 2.24) is 0 Å². The standard InChI is InChI=1S/C29H23ClF4O/c1-2-13-35-22-16-26(31)24(27(32)17-22)11-5-18-4-10-23-21(14-18)9-8-20(29(23)34)7-3-19-6-12-25(30)28(33)15-19/h2,4,6,8-10,12,14-17H,1,3,5,7,11,13H2. The van der Waals surface area contributed by atoms with Crippen LogP contribution >= 0.6 is 11.6 Å². The van der Waals surface area contributed by atoms with Crippen LogP contribution in [0, 0.1) is 23.3 Å². The molecule has 0 N–H and O–H groups in total. The van der Waals surface area contributed by atoms with Gasteiger partial charge in [-0.2, -0.15) is 0 Å². The average molecular weight is 499 g/mol. The van der Waals surface area contributed by atoms with Gasteiger partial charge in [-0.05, 0) is 59.9 Å². The first-order chi connectivity index (χ1) is 16.9. The molecule has 0 unspecified atom stereocenters. The molecule has 0 heterocycles. The zero-order valence-corrected chi connectivity index (χ0v) is 19.6. The van der Waals surface area contributed by atoms with Crippen LogP contribution in [-0.4, -0.2) is 6.61 Å². The van der Waals surface area contributed by atoms with Crippen molar-refractivity contribution in [1.29, 1.82) is 0 Å². The Labute approximate surface area is 206 Å². The van der Waals surface area contributed by atoms with Gasteiger partial charge in [0.05, 0.1) is 5.02 Å². The Balaban J connectivity index is 1.46. The van der Waals surface area contributed by atoms with E-state index in [2.05, 4.69) is 6.58 Å². The average Bonchev–Trinajstić information content (AvgIpc) is 2.84. The molecule has 0 amide bonds. The van der Waals surface area contributed by atoms with Crippen LogP contribution in [-0.2, 0) is 25.7 Å². The van der Waals surface area contributed by atoms with Gasteiger partial charge in [0.25, 0.3) is 0 Å². The van der Waals surface area contributed by atoms with Crippen LogP contribution in [0.1, 0.15) is 22.3 Å². The van der Waals surface area contributed by atoms with Gasteiger partial charge in [0.15, 0.2) is 0 Å². The Kier molecular flexibility index (Phi) is 7.76. The first-order valence-corrected chi connectivity index (χ1v) is 11.6. The van der Waals surface area contributed by atoms with E-state index in [0.717, 1.165) is 23.3 Å². The maximum absolute atomic E-state index is 15.1. The van der Waals surface area contributed by atoms with Crippen LogP contribution in [0.15, 0.2) is 73.3 Å². The molecular formula is C29H23ClF4O. The van der Waals surface area contributed by atoms with Crippen LogP contribution in [0.2, 0.25) is 5.02 Å². The molecule has 4 aromatic carbocycles. The summed E-state index contributed by atoms with van der Waals surface area (Å²) in [5.74, 6) is -2.04. The first-order valence-electron chi connectivity index (χ1n) is 11.2. The lowest BCUT2D eigenvalue weighted by Crippen LogP contribution is -2.02. The minimum Gasteiger partial charge on any atom is -0.489 e. The van der Waals surface area contributed by atoms with Crippen molar-refractivity contribution >= 4 is 22.4 Å². The molecule has 0 saturated carbocycles. The highest BCUT2D eigenvalue weighted by molar-refractivity contribution is 6.30. The zero-order valence-electron chi connectivity index (χ0n) is 18.9. The van der Waals surface area contributed by atoms with E-state index in [1.54, 1.807) is 24.3 Å². The first kappa shape index (κ1) is 24.8. The number of ether oxygens (including phenoxy) is 1. The Bertz CT molecular complexity index is 1360. The van der Waals surface area contributed by atoms with E-state index in [0.29, 0.717) is 35.6 Å². The molecule has 0 spiro atoms. The molecule has 0 radical (unpaired) electrons. The number of benzene rings is 4. The summed E-state index contributed by atoms with van der Waals surface area (Å²) in [6, 6.07) is 15.7. The van der Waals surface area contributed by atoms with Crippen molar-refractivity contribution in [2.75, 3.05) is 6.61 Å². The molecule has 0 atom stereocenters. The van der Waals surface area contributed by atoms with Crippen molar-refractivity contribution in [2.45, 2.75) is 25.7 Å². The molecule has 0 aliphatic carbocycles. The molecule has 0 aliphatic rings. The van der Waals surface area contributed by atoms with Gasteiger partial charge in [-0.25, -0.2) is 17.6 Å². The van der Waals surface area contributed by atoms with Gasteiger partial charge >= 0.3 is 0 Å². The summed E-state index contributed by atoms with van der Waals surface area (Å²) in [5, 5.41) is 1.23. The predicted octanol–water partition coefficient (Wildman–Crippen LogP) is 8.18. The summed E-state index contributed by atoms with van der Waals surface area (Å²) in [4.78, 5) is 0. The van der Waals surface area contributed by atoms with Gasteiger partial charge in [0.1, 0.15) is 35.6 Å². The highest BCUT2D eigenvalue weighted by Crippen LogP contribution is 2.26. The van der Waals surface area contributed by atoms with Crippen molar-refractivity contribution in [3.63, 3.8) is 0 Å². The molecule has 4 rings (SSSR count). The highest BCUT2D eigenvalue weighted by atomic mass is 35.5. The fourth-order valence-corrected chi connectivity index (χ4v) is 4.15. The van der Waals surface area contributed by atoms with Gasteiger partial charge in [-0.1, -0.05) is 60.7 Å². The summed E-state index contributed by atoms with van der Waals surface area (Å²) < 4.78 is 62.8. The van der Waals surface area contributed by atoms with Gasteiger partial charge in [0.2, 0.25) is 0 Å². The summed E-state index contributed by atoms with van der Waals surface area (Å²) in [7, 11) is 0. The van der Waals surface area contributed by atoms with E-state index >= 15 is 4.39 Å². The predicted molar refractivity (Wildman–Crippen MR) is 132 cm³/mol. The van der Waals surface area contributed by atoms with Gasteiger partial charge in [-0.3, -0.25) is 0 Å². The molecule has 0 saturated heterocycles. The number of fused-ring (bicyclic) bond motifs is 1. The topological polar surface area (TPSA) is 9.23 Å². The SMILES string of the molecule is C=CCOc1cc(F)c(CCc2ccc3c(F)c(CCc4ccc(Cl)c(F)c4)ccc3c2)c(F)c1. The summed E-state index contributed by atoms with van der Waals surface area (Å²) in [5.41, 5.74) is 2.09. The maximum Gasteiger partial charge on any atom is 0.142 e. The summed E-state index contributed by atoms with van der Waals surface area (Å²) in [6.45, 7) is 3.67. The van der Waals surface area contributed by atoms with Crippen LogP contribution in [0.4, 0.5) is 17.6 Å². The molecule has 0 fully saturated rings. The van der Waals surface area contributed by atoms with E-state index in [1.165, 1.54) is 18.2 Å². The van der Waals surface area contributed by atoms with Crippen LogP contribution in [0.3, 0.4) is 0 Å². The number of halogens is 5. The van der Waals surface area contributed by atoms with E-state index < -0.39 is 17.5 Å². The van der Waals surface area contributed by atoms with Crippen LogP contribution < -0.4 is 4.74 Å². The van der Waals surface area contributed by atoms with E-state index in [4.69, 9.17) is 16.3 Å². The molecule has 0 bridgehead atoms. The lowest BCUT2D eigenvalue weighted by Gasteiger charge is -2.11. The smallest absolute Gasteiger partial charge is 0.142 e. The van der Waals surface area contributed by atoms with Crippen LogP contribution in [0.5, 0.6) is 5.75 Å². The second-order valence-electron chi connectivity index (χ2n) is 8.31. The maximum atomic E-state index is 15.1. The molecule has 35 heavy (non-hydrogen) atoms. The molecule has 6 heteroatoms. The second kappa shape index (κ2) is 11.0. The van der Waals surface area contributed by atoms with Gasteiger partial charge < -0.3 is 4.74 Å². The molecule has 0 aliphatic heterocycles. The fourth-order valence-electron chi connectivity index (χ4n) is 4.04. The Hall–Kier alpha value is -3.31. The van der Waals surface area contributed by atoms with E-state index in [1.807, 2.05) is 12.1 Å². The Morgan fingerprint density at radius 1 is 0.743 bits per heavy atom. The third-order valence-corrected chi connectivity index (χ3v) is 6.22. The minimum absolute atomic E-state index is 0.0174. The number of hydrogen-bond acceptors (Lipinski definition) is 1. The molecular weight excluding hydrogens is 476 g/mol. The van der Waals surface area contributed by atoms with Crippen molar-refractivity contribution < 1.29 is 22.3 Å². The normalized spacial score (nSPS) is 11.1. The zero-order chi connectivity index (χ0) is 24.9. The van der Waals surface area contributed by atoms with Gasteiger partial charge in [-0.15, -0.1) is 0 Å². The molecule has 4 aromatic rings. The van der Waals surface area contributed by atoms with Crippen molar-refractivity contribution in [3.05, 3.63) is 124 Å². The molecule has 180 valence electrons. The fraction of sp³-hybridized carbons (Fsp3) is 0.172. The highest BCUT2D eigenvalue weighted by Gasteiger charge is 2.13. The van der Waals surface area contributed by atoms with Crippen molar-refractivity contribution in [3.8, 4) is 5.75 Å². The second-order valence-corrected chi connectivity index (χ2v) is 8.71. The lowest BCUT2D eigenvalue weighted by atomic mass is 9.97. The third kappa shape index (κ3) is 5.85. The summed E-state index contributed by atoms with van der Waals surface area (Å²) in [6.07, 6.45) is 2.93. The van der Waals surface area contributed by atoms with E-state index in [-0.39, 0.29) is 35.2 Å². The van der Waals surface area contributed by atoms with Crippen molar-refractivity contribution in [2.24, 2.45) is 0 Å².